The van der Waals surface area contributed by atoms with E-state index in [1.165, 1.54) is 25.6 Å². The average molecular weight is 227 g/mol. The molecule has 1 aliphatic rings. The van der Waals surface area contributed by atoms with Gasteiger partial charge in [0.1, 0.15) is 12.0 Å². The van der Waals surface area contributed by atoms with E-state index in [9.17, 15) is 0 Å². The topological polar surface area (TPSA) is 63.8 Å². The van der Waals surface area contributed by atoms with E-state index in [0.29, 0.717) is 22.7 Å². The van der Waals surface area contributed by atoms with Crippen LogP contribution in [0.25, 0.3) is 0 Å². The maximum Gasteiger partial charge on any atom is 0.157 e. The van der Waals surface area contributed by atoms with Gasteiger partial charge in [0.15, 0.2) is 11.0 Å². The summed E-state index contributed by atoms with van der Waals surface area (Å²) in [5.74, 6) is 1.44. The van der Waals surface area contributed by atoms with Crippen LogP contribution in [0.3, 0.4) is 0 Å². The summed E-state index contributed by atoms with van der Waals surface area (Å²) in [6.07, 6.45) is 5.03. The molecule has 1 aliphatic carbocycles. The van der Waals surface area contributed by atoms with Crippen molar-refractivity contribution >= 4 is 23.1 Å². The zero-order valence-corrected chi connectivity index (χ0v) is 9.46. The maximum absolute atomic E-state index is 5.81. The number of nitrogens with two attached hydrogens (primary N) is 1. The van der Waals surface area contributed by atoms with Crippen LogP contribution in [0.2, 0.25) is 5.15 Å². The minimum atomic E-state index is 0.318. The molecule has 1 heterocycles. The first-order valence-electron chi connectivity index (χ1n) is 5.19. The van der Waals surface area contributed by atoms with E-state index in [1.807, 2.05) is 0 Å². The smallest absolute Gasteiger partial charge is 0.157 e. The second-order valence-corrected chi connectivity index (χ2v) is 4.54. The molecule has 4 nitrogen and oxygen atoms in total. The van der Waals surface area contributed by atoms with E-state index in [4.69, 9.17) is 17.3 Å². The molecule has 2 atom stereocenters. The van der Waals surface area contributed by atoms with Gasteiger partial charge in [-0.2, -0.15) is 0 Å². The molecule has 0 aromatic carbocycles. The van der Waals surface area contributed by atoms with Crippen molar-refractivity contribution in [3.63, 3.8) is 0 Å². The highest BCUT2D eigenvalue weighted by Gasteiger charge is 2.22. The number of halogens is 1. The molecule has 3 N–H and O–H groups in total. The molecule has 1 fully saturated rings. The molecule has 0 bridgehead atoms. The molecular formula is C10H15ClN4. The third-order valence-electron chi connectivity index (χ3n) is 2.87. The molecule has 1 saturated carbocycles. The van der Waals surface area contributed by atoms with Gasteiger partial charge in [-0.25, -0.2) is 9.97 Å². The van der Waals surface area contributed by atoms with Crippen LogP contribution in [-0.4, -0.2) is 16.0 Å². The van der Waals surface area contributed by atoms with Crippen molar-refractivity contribution in [2.24, 2.45) is 5.92 Å². The van der Waals surface area contributed by atoms with Crippen molar-refractivity contribution in [2.45, 2.75) is 32.2 Å². The Labute approximate surface area is 94.2 Å². The van der Waals surface area contributed by atoms with Crippen molar-refractivity contribution in [2.75, 3.05) is 11.1 Å². The zero-order chi connectivity index (χ0) is 10.8. The van der Waals surface area contributed by atoms with Gasteiger partial charge in [0.25, 0.3) is 0 Å². The van der Waals surface area contributed by atoms with E-state index in [-0.39, 0.29) is 0 Å². The van der Waals surface area contributed by atoms with Gasteiger partial charge in [-0.1, -0.05) is 18.5 Å². The normalized spacial score (nSPS) is 25.5. The van der Waals surface area contributed by atoms with Crippen molar-refractivity contribution in [1.29, 1.82) is 0 Å². The number of nitrogens with zero attached hydrogens (tertiary/aromatic N) is 2. The Kier molecular flexibility index (Phi) is 2.95. The number of anilines is 2. The summed E-state index contributed by atoms with van der Waals surface area (Å²) in [5.41, 5.74) is 6.22. The van der Waals surface area contributed by atoms with Gasteiger partial charge in [0.05, 0.1) is 0 Å². The molecule has 2 unspecified atom stereocenters. The molecule has 0 amide bonds. The summed E-state index contributed by atoms with van der Waals surface area (Å²) in [6, 6.07) is 0.466. The molecule has 2 rings (SSSR count). The number of hydrogen-bond donors (Lipinski definition) is 2. The first-order chi connectivity index (χ1) is 7.16. The number of nitrogen functional groups attached to an aromatic ring is 1. The Bertz CT molecular complexity index is 355. The molecule has 1 aromatic heterocycles. The van der Waals surface area contributed by atoms with Crippen LogP contribution in [0.1, 0.15) is 26.2 Å². The van der Waals surface area contributed by atoms with Crippen LogP contribution in [-0.2, 0) is 0 Å². The number of nitrogens with one attached hydrogen (secondary N) is 1. The first kappa shape index (κ1) is 10.5. The second kappa shape index (κ2) is 4.23. The third kappa shape index (κ3) is 2.31. The lowest BCUT2D eigenvalue weighted by Crippen LogP contribution is -2.17. The van der Waals surface area contributed by atoms with Crippen LogP contribution in [0.5, 0.6) is 0 Å². The Hall–Kier alpha value is -1.03. The van der Waals surface area contributed by atoms with Gasteiger partial charge < -0.3 is 11.1 Å². The van der Waals surface area contributed by atoms with Crippen LogP contribution in [0, 0.1) is 5.92 Å². The SMILES string of the molecule is CC1CCC(Nc2ncnc(Cl)c2N)C1. The molecule has 1 aromatic rings. The standard InChI is InChI=1S/C10H15ClN4/c1-6-2-3-7(4-6)15-10-8(12)9(11)13-5-14-10/h5-7H,2-4,12H2,1H3,(H,13,14,15). The highest BCUT2D eigenvalue weighted by Crippen LogP contribution is 2.29. The van der Waals surface area contributed by atoms with Gasteiger partial charge in [-0.15, -0.1) is 0 Å². The average Bonchev–Trinajstić information content (AvgIpc) is 2.59. The van der Waals surface area contributed by atoms with Crippen LogP contribution >= 0.6 is 11.6 Å². The summed E-state index contributed by atoms with van der Waals surface area (Å²) in [6.45, 7) is 2.26. The fourth-order valence-corrected chi connectivity index (χ4v) is 2.15. The van der Waals surface area contributed by atoms with Crippen molar-refractivity contribution in [3.05, 3.63) is 11.5 Å². The van der Waals surface area contributed by atoms with Gasteiger partial charge in [0, 0.05) is 6.04 Å². The highest BCUT2D eigenvalue weighted by atomic mass is 35.5. The summed E-state index contributed by atoms with van der Waals surface area (Å²) in [7, 11) is 0. The van der Waals surface area contributed by atoms with E-state index >= 15 is 0 Å². The summed E-state index contributed by atoms with van der Waals surface area (Å²) >= 11 is 5.81. The Morgan fingerprint density at radius 2 is 2.27 bits per heavy atom. The number of aromatic nitrogens is 2. The first-order valence-corrected chi connectivity index (χ1v) is 5.57. The molecule has 82 valence electrons. The van der Waals surface area contributed by atoms with Gasteiger partial charge in [-0.05, 0) is 25.2 Å². The van der Waals surface area contributed by atoms with E-state index in [2.05, 4.69) is 22.2 Å². The van der Waals surface area contributed by atoms with Crippen LogP contribution < -0.4 is 11.1 Å². The molecule has 5 heteroatoms. The fraction of sp³-hybridized carbons (Fsp3) is 0.600. The van der Waals surface area contributed by atoms with Gasteiger partial charge in [-0.3, -0.25) is 0 Å². The molecule has 0 saturated heterocycles. The predicted molar refractivity (Wildman–Crippen MR) is 61.9 cm³/mol. The number of rotatable bonds is 2. The Morgan fingerprint density at radius 3 is 2.93 bits per heavy atom. The molecule has 0 radical (unpaired) electrons. The fourth-order valence-electron chi connectivity index (χ4n) is 2.02. The largest absolute Gasteiger partial charge is 0.393 e. The highest BCUT2D eigenvalue weighted by molar-refractivity contribution is 6.32. The lowest BCUT2D eigenvalue weighted by atomic mass is 10.1. The molecule has 15 heavy (non-hydrogen) atoms. The minimum absolute atomic E-state index is 0.318. The van der Waals surface area contributed by atoms with Crippen LogP contribution in [0.4, 0.5) is 11.5 Å². The van der Waals surface area contributed by atoms with Crippen LogP contribution in [0.15, 0.2) is 6.33 Å². The third-order valence-corrected chi connectivity index (χ3v) is 3.17. The van der Waals surface area contributed by atoms with Gasteiger partial charge >= 0.3 is 0 Å². The predicted octanol–water partition coefficient (Wildman–Crippen LogP) is 2.31. The quantitative estimate of drug-likeness (QED) is 0.760. The summed E-state index contributed by atoms with van der Waals surface area (Å²) in [5, 5.41) is 3.64. The maximum atomic E-state index is 5.81. The van der Waals surface area contributed by atoms with Gasteiger partial charge in [0.2, 0.25) is 0 Å². The van der Waals surface area contributed by atoms with E-state index < -0.39 is 0 Å². The van der Waals surface area contributed by atoms with E-state index in [1.54, 1.807) is 0 Å². The minimum Gasteiger partial charge on any atom is -0.393 e. The van der Waals surface area contributed by atoms with E-state index in [0.717, 1.165) is 5.92 Å². The molecule has 0 spiro atoms. The lowest BCUT2D eigenvalue weighted by Gasteiger charge is -2.14. The molecular weight excluding hydrogens is 212 g/mol. The monoisotopic (exact) mass is 226 g/mol. The Balaban J connectivity index is 2.07. The summed E-state index contributed by atoms with van der Waals surface area (Å²) in [4.78, 5) is 7.91. The van der Waals surface area contributed by atoms with Crippen molar-refractivity contribution in [3.8, 4) is 0 Å². The zero-order valence-electron chi connectivity index (χ0n) is 8.70. The number of hydrogen-bond acceptors (Lipinski definition) is 4. The van der Waals surface area contributed by atoms with Crippen molar-refractivity contribution < 1.29 is 0 Å². The Morgan fingerprint density at radius 1 is 1.47 bits per heavy atom. The second-order valence-electron chi connectivity index (χ2n) is 4.19. The van der Waals surface area contributed by atoms with Crippen molar-refractivity contribution in [1.82, 2.24) is 9.97 Å². The molecule has 0 aliphatic heterocycles. The summed E-state index contributed by atoms with van der Waals surface area (Å²) < 4.78 is 0. The lowest BCUT2D eigenvalue weighted by molar-refractivity contribution is 0.602.